The molecule has 0 aliphatic heterocycles. The first kappa shape index (κ1) is 53.9. The van der Waals surface area contributed by atoms with E-state index < -0.39 is 66.2 Å². The van der Waals surface area contributed by atoms with Gasteiger partial charge in [0.2, 0.25) is 0 Å². The Morgan fingerprint density at radius 1 is 0.527 bits per heavy atom. The summed E-state index contributed by atoms with van der Waals surface area (Å²) in [5.41, 5.74) is 0. The van der Waals surface area contributed by atoms with E-state index in [0.717, 1.165) is 51.4 Å². The second kappa shape index (κ2) is 37.2. The number of carbonyl (C=O) groups is 2. The van der Waals surface area contributed by atoms with Gasteiger partial charge in [-0.1, -0.05) is 154 Å². The van der Waals surface area contributed by atoms with Crippen molar-refractivity contribution in [1.82, 2.24) is 0 Å². The standard InChI is InChI=1S/C40H78O13P2/c1-3-5-7-9-11-13-15-17-18-20-22-24-26-28-30-32-40(43)53-38(36-52-55(47,48)51-34-37(41)33-50-54(44,45)46)35-49-39(42)31-29-27-25-23-21-19-16-14-12-10-8-6-4-2/h13,15,37-38,41H,3-12,14,16-36H2,1-2H3,(H,47,48)(H2,44,45,46)/p-3/b15-13-/t37-,38+/m0/s1. The minimum Gasteiger partial charge on any atom is -0.790 e. The molecule has 0 rings (SSSR count). The van der Waals surface area contributed by atoms with Crippen molar-refractivity contribution in [3.05, 3.63) is 12.2 Å². The molecule has 0 aliphatic rings. The predicted octanol–water partition coefficient (Wildman–Crippen LogP) is 8.67. The Morgan fingerprint density at radius 3 is 1.38 bits per heavy atom. The lowest BCUT2D eigenvalue weighted by Crippen LogP contribution is -2.31. The number of unbranched alkanes of at least 4 members (excludes halogenated alkanes) is 23. The van der Waals surface area contributed by atoms with Gasteiger partial charge in [-0.25, -0.2) is 0 Å². The highest BCUT2D eigenvalue weighted by Gasteiger charge is 2.22. The van der Waals surface area contributed by atoms with Crippen LogP contribution in [0.15, 0.2) is 12.2 Å². The Labute approximate surface area is 332 Å². The summed E-state index contributed by atoms with van der Waals surface area (Å²) in [5, 5.41) is 9.65. The van der Waals surface area contributed by atoms with Crippen molar-refractivity contribution in [3.63, 3.8) is 0 Å². The number of carbonyl (C=O) groups excluding carboxylic acids is 2. The van der Waals surface area contributed by atoms with Gasteiger partial charge in [0, 0.05) is 12.8 Å². The number of rotatable bonds is 41. The van der Waals surface area contributed by atoms with Crippen LogP contribution in [0.25, 0.3) is 0 Å². The SMILES string of the molecule is CCCCCC/C=C\CCCCCCCCCC(=O)O[C@H](COC(=O)CCCCCCCCCCCCCCC)COP(=O)([O-])OC[C@@H](O)COP(=O)([O-])[O-]. The topological polar surface area (TPSA) is 204 Å². The Morgan fingerprint density at radius 2 is 0.909 bits per heavy atom. The van der Waals surface area contributed by atoms with Crippen LogP contribution in [0.4, 0.5) is 0 Å². The highest BCUT2D eigenvalue weighted by molar-refractivity contribution is 7.45. The number of aliphatic hydroxyl groups is 1. The van der Waals surface area contributed by atoms with Gasteiger partial charge in [0.15, 0.2) is 6.10 Å². The van der Waals surface area contributed by atoms with Gasteiger partial charge in [-0.3, -0.25) is 14.2 Å². The van der Waals surface area contributed by atoms with Crippen LogP contribution in [-0.4, -0.2) is 55.7 Å². The van der Waals surface area contributed by atoms with Gasteiger partial charge in [-0.2, -0.15) is 0 Å². The molecule has 0 radical (unpaired) electrons. The molecule has 13 nitrogen and oxygen atoms in total. The van der Waals surface area contributed by atoms with E-state index in [9.17, 15) is 38.5 Å². The summed E-state index contributed by atoms with van der Waals surface area (Å²) < 4.78 is 46.7. The van der Waals surface area contributed by atoms with Crippen LogP contribution in [0, 0.1) is 0 Å². The molecule has 0 saturated heterocycles. The largest absolute Gasteiger partial charge is 0.790 e. The molecular weight excluding hydrogens is 750 g/mol. The third-order valence-corrected chi connectivity index (χ3v) is 10.5. The van der Waals surface area contributed by atoms with Gasteiger partial charge >= 0.3 is 11.9 Å². The first-order valence-corrected chi connectivity index (χ1v) is 24.3. The zero-order valence-corrected chi connectivity index (χ0v) is 36.0. The van der Waals surface area contributed by atoms with E-state index in [0.29, 0.717) is 12.8 Å². The number of phosphoric acid groups is 2. The smallest absolute Gasteiger partial charge is 0.306 e. The summed E-state index contributed by atoms with van der Waals surface area (Å²) in [6, 6.07) is 0. The van der Waals surface area contributed by atoms with Crippen LogP contribution in [0.1, 0.15) is 194 Å². The number of esters is 2. The van der Waals surface area contributed by atoms with Crippen molar-refractivity contribution in [1.29, 1.82) is 0 Å². The van der Waals surface area contributed by atoms with Gasteiger partial charge in [0.1, 0.15) is 12.7 Å². The maximum absolute atomic E-state index is 12.6. The molecule has 0 spiro atoms. The maximum Gasteiger partial charge on any atom is 0.306 e. The van der Waals surface area contributed by atoms with Gasteiger partial charge in [0.05, 0.1) is 27.6 Å². The Hall–Kier alpha value is -1.14. The molecule has 326 valence electrons. The number of phosphoric ester groups is 2. The van der Waals surface area contributed by atoms with Gasteiger partial charge in [-0.05, 0) is 38.5 Å². The molecule has 15 heteroatoms. The van der Waals surface area contributed by atoms with Crippen LogP contribution in [-0.2, 0) is 41.8 Å². The van der Waals surface area contributed by atoms with Crippen LogP contribution in [0.2, 0.25) is 0 Å². The highest BCUT2D eigenvalue weighted by atomic mass is 31.2. The zero-order valence-electron chi connectivity index (χ0n) is 34.2. The van der Waals surface area contributed by atoms with Crippen molar-refractivity contribution >= 4 is 27.6 Å². The molecule has 3 atom stereocenters. The lowest BCUT2D eigenvalue weighted by molar-refractivity contribution is -0.342. The molecule has 0 aromatic heterocycles. The van der Waals surface area contributed by atoms with Crippen molar-refractivity contribution < 1.29 is 61.6 Å². The predicted molar refractivity (Wildman–Crippen MR) is 210 cm³/mol. The lowest BCUT2D eigenvalue weighted by Gasteiger charge is -2.30. The quantitative estimate of drug-likeness (QED) is 0.0266. The summed E-state index contributed by atoms with van der Waals surface area (Å²) in [6.07, 6.45) is 31.5. The van der Waals surface area contributed by atoms with Crippen LogP contribution >= 0.6 is 15.6 Å². The monoisotopic (exact) mass is 825 g/mol. The van der Waals surface area contributed by atoms with Gasteiger partial charge < -0.3 is 47.4 Å². The summed E-state index contributed by atoms with van der Waals surface area (Å²) in [5.74, 6) is -1.09. The van der Waals surface area contributed by atoms with Crippen LogP contribution in [0.5, 0.6) is 0 Å². The van der Waals surface area contributed by atoms with Gasteiger partial charge in [-0.15, -0.1) is 0 Å². The summed E-state index contributed by atoms with van der Waals surface area (Å²) in [4.78, 5) is 58.4. The van der Waals surface area contributed by atoms with E-state index in [1.54, 1.807) is 0 Å². The van der Waals surface area contributed by atoms with Crippen LogP contribution in [0.3, 0.4) is 0 Å². The molecule has 1 N–H and O–H groups in total. The summed E-state index contributed by atoms with van der Waals surface area (Å²) in [7, 11) is -10.5. The highest BCUT2D eigenvalue weighted by Crippen LogP contribution is 2.38. The first-order chi connectivity index (χ1) is 26.4. The van der Waals surface area contributed by atoms with E-state index in [1.165, 1.54) is 103 Å². The molecule has 0 saturated carbocycles. The zero-order chi connectivity index (χ0) is 40.9. The van der Waals surface area contributed by atoms with E-state index in [-0.39, 0.29) is 12.8 Å². The Kier molecular flexibility index (Phi) is 36.4. The molecule has 1 unspecified atom stereocenters. The first-order valence-electron chi connectivity index (χ1n) is 21.3. The van der Waals surface area contributed by atoms with Crippen molar-refractivity contribution in [2.75, 3.05) is 26.4 Å². The maximum atomic E-state index is 12.6. The molecule has 0 aromatic carbocycles. The number of hydrogen-bond donors (Lipinski definition) is 1. The normalized spacial score (nSPS) is 14.2. The molecule has 0 aliphatic carbocycles. The summed E-state index contributed by atoms with van der Waals surface area (Å²) in [6.45, 7) is 1.36. The molecule has 0 aromatic rings. The molecule has 55 heavy (non-hydrogen) atoms. The van der Waals surface area contributed by atoms with Crippen molar-refractivity contribution in [2.45, 2.75) is 206 Å². The third kappa shape index (κ3) is 40.8. The minimum atomic E-state index is -5.37. The Balaban J connectivity index is 4.51. The van der Waals surface area contributed by atoms with E-state index >= 15 is 0 Å². The second-order valence-electron chi connectivity index (χ2n) is 14.6. The summed E-state index contributed by atoms with van der Waals surface area (Å²) >= 11 is 0. The molecule has 0 bridgehead atoms. The Bertz CT molecular complexity index is 1040. The average molecular weight is 826 g/mol. The average Bonchev–Trinajstić information content (AvgIpc) is 3.14. The fourth-order valence-corrected chi connectivity index (χ4v) is 6.99. The van der Waals surface area contributed by atoms with E-state index in [2.05, 4.69) is 35.0 Å². The second-order valence-corrected chi connectivity index (χ2v) is 17.1. The molecular formula is C40H75O13P2-3. The molecule has 0 amide bonds. The molecule has 0 heterocycles. The van der Waals surface area contributed by atoms with Crippen molar-refractivity contribution in [3.8, 4) is 0 Å². The number of ether oxygens (including phenoxy) is 2. The van der Waals surface area contributed by atoms with Crippen molar-refractivity contribution in [2.24, 2.45) is 0 Å². The van der Waals surface area contributed by atoms with Gasteiger partial charge in [0.25, 0.3) is 7.82 Å². The van der Waals surface area contributed by atoms with E-state index in [4.69, 9.17) is 14.0 Å². The molecule has 0 fully saturated rings. The lowest BCUT2D eigenvalue weighted by atomic mass is 10.0. The van der Waals surface area contributed by atoms with Crippen LogP contribution < -0.4 is 14.7 Å². The minimum absolute atomic E-state index is 0.105. The number of aliphatic hydroxyl groups excluding tert-OH is 1. The fourth-order valence-electron chi connectivity index (χ4n) is 5.86. The number of hydrogen-bond acceptors (Lipinski definition) is 13. The number of allylic oxidation sites excluding steroid dienone is 2. The van der Waals surface area contributed by atoms with E-state index in [1.807, 2.05) is 0 Å². The fraction of sp³-hybridized carbons (Fsp3) is 0.900. The third-order valence-electron chi connectivity index (χ3n) is 9.12.